The monoisotopic (exact) mass is 509 g/mol. The molecule has 0 spiro atoms. The highest BCUT2D eigenvalue weighted by atomic mass is 35.5. The summed E-state index contributed by atoms with van der Waals surface area (Å²) in [5, 5.41) is 0. The third kappa shape index (κ3) is 8.71. The Bertz CT molecular complexity index is 860. The summed E-state index contributed by atoms with van der Waals surface area (Å²) in [5.41, 5.74) is 7.05. The summed E-state index contributed by atoms with van der Waals surface area (Å²) < 4.78 is 34.5. The van der Waals surface area contributed by atoms with Crippen LogP contribution in [0.25, 0.3) is 0 Å². The van der Waals surface area contributed by atoms with Crippen molar-refractivity contribution in [3.63, 3.8) is 0 Å². The average Bonchev–Trinajstić information content (AvgIpc) is 2.88. The molecule has 9 heteroatoms. The highest BCUT2D eigenvalue weighted by Gasteiger charge is 2.23. The molecule has 2 atom stereocenters. The van der Waals surface area contributed by atoms with Gasteiger partial charge in [0.05, 0.1) is 12.4 Å². The molecule has 0 radical (unpaired) electrons. The van der Waals surface area contributed by atoms with Crippen molar-refractivity contribution in [2.45, 2.75) is 44.8 Å². The maximum absolute atomic E-state index is 13.1. The Hall–Kier alpha value is -2.84. The van der Waals surface area contributed by atoms with Crippen LogP contribution < -0.4 is 15.2 Å². The van der Waals surface area contributed by atoms with Gasteiger partial charge in [-0.15, -0.1) is 11.6 Å². The zero-order chi connectivity index (χ0) is 25.8. The molecule has 0 aliphatic rings. The number of esters is 2. The molecule has 0 aliphatic heterocycles. The van der Waals surface area contributed by atoms with Gasteiger partial charge in [-0.1, -0.05) is 45.0 Å². The summed E-state index contributed by atoms with van der Waals surface area (Å²) >= 11 is 5.82. The molecule has 2 unspecified atom stereocenters. The van der Waals surface area contributed by atoms with Gasteiger partial charge >= 0.3 is 11.9 Å². The number of benzene rings is 2. The van der Waals surface area contributed by atoms with Gasteiger partial charge in [-0.3, -0.25) is 9.59 Å². The number of ether oxygens (including phenoxy) is 4. The van der Waals surface area contributed by atoms with Crippen LogP contribution in [-0.2, 0) is 24.5 Å². The van der Waals surface area contributed by atoms with Crippen LogP contribution in [0.5, 0.6) is 11.5 Å². The molecule has 0 saturated carbocycles. The van der Waals surface area contributed by atoms with E-state index in [0.29, 0.717) is 11.5 Å². The minimum Gasteiger partial charge on any atom is -0.490 e. The van der Waals surface area contributed by atoms with Crippen LogP contribution in [0.3, 0.4) is 0 Å². The molecule has 2 aromatic carbocycles. The van der Waals surface area contributed by atoms with E-state index in [2.05, 4.69) is 13.8 Å². The van der Waals surface area contributed by atoms with Crippen LogP contribution in [0.15, 0.2) is 48.5 Å². The first-order valence-electron chi connectivity index (χ1n) is 11.4. The zero-order valence-electron chi connectivity index (χ0n) is 20.3. The highest BCUT2D eigenvalue weighted by Crippen LogP contribution is 2.33. The van der Waals surface area contributed by atoms with Gasteiger partial charge < -0.3 is 24.7 Å². The molecule has 7 nitrogen and oxygen atoms in total. The lowest BCUT2D eigenvalue weighted by Crippen LogP contribution is -2.30. The van der Waals surface area contributed by atoms with E-state index in [1.54, 1.807) is 19.1 Å². The molecule has 2 aromatic rings. The van der Waals surface area contributed by atoms with Crippen LogP contribution in [0, 0.1) is 0 Å². The van der Waals surface area contributed by atoms with E-state index in [1.165, 1.54) is 0 Å². The Balaban J connectivity index is 1.97. The van der Waals surface area contributed by atoms with Gasteiger partial charge in [-0.2, -0.15) is 0 Å². The number of carbonyl (C=O) groups excluding carboxylic acids is 2. The van der Waals surface area contributed by atoms with E-state index in [4.69, 9.17) is 36.3 Å². The van der Waals surface area contributed by atoms with E-state index in [9.17, 15) is 14.0 Å². The van der Waals surface area contributed by atoms with Gasteiger partial charge in [-0.25, -0.2) is 4.39 Å². The number of carbonyl (C=O) groups is 2. The molecule has 0 heterocycles. The van der Waals surface area contributed by atoms with Crippen LogP contribution in [0.4, 0.5) is 4.39 Å². The highest BCUT2D eigenvalue weighted by molar-refractivity contribution is 6.18. The third-order valence-electron chi connectivity index (χ3n) is 5.42. The van der Waals surface area contributed by atoms with Crippen molar-refractivity contribution < 1.29 is 32.9 Å². The summed E-state index contributed by atoms with van der Waals surface area (Å²) in [6.07, 6.45) is -1.32. The van der Waals surface area contributed by atoms with Gasteiger partial charge in [0, 0.05) is 11.8 Å². The van der Waals surface area contributed by atoms with Crippen molar-refractivity contribution in [1.82, 2.24) is 0 Å². The standard InChI is InChI=1S/C26H33ClFNO6/c1-4-24(30)35-23(14-28)17-33-21-11-7-19(8-12-21)26(2,3)18-5-9-20(10-6-18)32-16-22(13-27)34-25(31)15-29/h5-12,22-23H,4,13-17,29H2,1-3H3. The molecule has 2 N–H and O–H groups in total. The lowest BCUT2D eigenvalue weighted by Gasteiger charge is -2.26. The Morgan fingerprint density at radius 3 is 1.74 bits per heavy atom. The Labute approximate surface area is 210 Å². The second-order valence-electron chi connectivity index (χ2n) is 8.39. The second kappa shape index (κ2) is 13.9. The molecular weight excluding hydrogens is 477 g/mol. The van der Waals surface area contributed by atoms with Gasteiger partial charge in [0.25, 0.3) is 0 Å². The van der Waals surface area contributed by atoms with Crippen LogP contribution in [0.2, 0.25) is 0 Å². The molecule has 0 saturated heterocycles. The number of alkyl halides is 2. The summed E-state index contributed by atoms with van der Waals surface area (Å²) in [4.78, 5) is 22.7. The normalized spacial score (nSPS) is 13.0. The van der Waals surface area contributed by atoms with Gasteiger partial charge in [0.15, 0.2) is 6.10 Å². The molecule has 0 aromatic heterocycles. The summed E-state index contributed by atoms with van der Waals surface area (Å²) in [5.74, 6) is 0.296. The molecule has 0 bridgehead atoms. The first-order valence-corrected chi connectivity index (χ1v) is 11.9. The fourth-order valence-corrected chi connectivity index (χ4v) is 3.36. The van der Waals surface area contributed by atoms with Crippen LogP contribution in [0.1, 0.15) is 38.3 Å². The largest absolute Gasteiger partial charge is 0.490 e. The van der Waals surface area contributed by atoms with E-state index in [-0.39, 0.29) is 37.5 Å². The van der Waals surface area contributed by atoms with Crippen molar-refractivity contribution in [2.24, 2.45) is 5.73 Å². The molecule has 35 heavy (non-hydrogen) atoms. The predicted molar refractivity (Wildman–Crippen MR) is 132 cm³/mol. The number of rotatable bonds is 14. The SMILES string of the molecule is CCC(=O)OC(CF)COc1ccc(C(C)(C)c2ccc(OCC(CCl)OC(=O)CN)cc2)cc1. The lowest BCUT2D eigenvalue weighted by atomic mass is 9.78. The minimum absolute atomic E-state index is 0.0531. The second-order valence-corrected chi connectivity index (χ2v) is 8.69. The third-order valence-corrected chi connectivity index (χ3v) is 5.76. The Morgan fingerprint density at radius 2 is 1.34 bits per heavy atom. The number of hydrogen-bond donors (Lipinski definition) is 1. The zero-order valence-corrected chi connectivity index (χ0v) is 21.1. The maximum atomic E-state index is 13.1. The molecule has 0 amide bonds. The van der Waals surface area contributed by atoms with Gasteiger partial charge in [-0.05, 0) is 35.4 Å². The Morgan fingerprint density at radius 1 is 0.886 bits per heavy atom. The van der Waals surface area contributed by atoms with E-state index in [0.717, 1.165) is 11.1 Å². The molecule has 0 fully saturated rings. The van der Waals surface area contributed by atoms with Crippen molar-refractivity contribution >= 4 is 23.5 Å². The first kappa shape index (κ1) is 28.4. The average molecular weight is 510 g/mol. The van der Waals surface area contributed by atoms with Crippen molar-refractivity contribution in [3.8, 4) is 11.5 Å². The van der Waals surface area contributed by atoms with Gasteiger partial charge in [0.1, 0.15) is 37.5 Å². The topological polar surface area (TPSA) is 97.1 Å². The fourth-order valence-electron chi connectivity index (χ4n) is 3.20. The van der Waals surface area contributed by atoms with Crippen molar-refractivity contribution in [2.75, 3.05) is 32.3 Å². The van der Waals surface area contributed by atoms with Crippen LogP contribution >= 0.6 is 11.6 Å². The van der Waals surface area contributed by atoms with Gasteiger partial charge in [0.2, 0.25) is 0 Å². The lowest BCUT2D eigenvalue weighted by molar-refractivity contribution is -0.151. The first-order chi connectivity index (χ1) is 16.7. The number of halogens is 2. The fraction of sp³-hybridized carbons (Fsp3) is 0.462. The molecule has 192 valence electrons. The summed E-state index contributed by atoms with van der Waals surface area (Å²) in [6.45, 7) is 4.90. The summed E-state index contributed by atoms with van der Waals surface area (Å²) in [6, 6.07) is 15.1. The smallest absolute Gasteiger partial charge is 0.320 e. The van der Waals surface area contributed by atoms with Crippen LogP contribution in [-0.4, -0.2) is 56.5 Å². The quantitative estimate of drug-likeness (QED) is 0.301. The maximum Gasteiger partial charge on any atom is 0.320 e. The Kier molecular flexibility index (Phi) is 11.3. The predicted octanol–water partition coefficient (Wildman–Crippen LogP) is 4.17. The summed E-state index contributed by atoms with van der Waals surface area (Å²) in [7, 11) is 0. The minimum atomic E-state index is -0.924. The van der Waals surface area contributed by atoms with Crippen molar-refractivity contribution in [1.29, 1.82) is 0 Å². The molecule has 2 rings (SSSR count). The number of nitrogens with two attached hydrogens (primary N) is 1. The van der Waals surface area contributed by atoms with E-state index < -0.39 is 30.8 Å². The van der Waals surface area contributed by atoms with E-state index >= 15 is 0 Å². The van der Waals surface area contributed by atoms with Crippen molar-refractivity contribution in [3.05, 3.63) is 59.7 Å². The molecular formula is C26H33ClFNO6. The molecule has 0 aliphatic carbocycles. The number of hydrogen-bond acceptors (Lipinski definition) is 7. The van der Waals surface area contributed by atoms with E-state index in [1.807, 2.05) is 36.4 Å².